The predicted octanol–water partition coefficient (Wildman–Crippen LogP) is 4.73. The molecule has 0 saturated carbocycles. The van der Waals surface area contributed by atoms with E-state index in [1.807, 2.05) is 12.1 Å². The second kappa shape index (κ2) is 11.1. The molecule has 202 valence electrons. The molecule has 5 rings (SSSR count). The summed E-state index contributed by atoms with van der Waals surface area (Å²) >= 11 is 3.48. The number of benzene rings is 2. The maximum atomic E-state index is 12.1. The summed E-state index contributed by atoms with van der Waals surface area (Å²) in [6.45, 7) is 3.86. The van der Waals surface area contributed by atoms with Gasteiger partial charge in [-0.1, -0.05) is 6.08 Å². The zero-order valence-corrected chi connectivity index (χ0v) is 23.9. The van der Waals surface area contributed by atoms with Gasteiger partial charge in [0.25, 0.3) is 0 Å². The lowest BCUT2D eigenvalue weighted by Gasteiger charge is -2.19. The predicted molar refractivity (Wildman–Crippen MR) is 157 cm³/mol. The second-order valence-electron chi connectivity index (χ2n) is 8.98. The van der Waals surface area contributed by atoms with Crippen molar-refractivity contribution in [3.63, 3.8) is 0 Å². The van der Waals surface area contributed by atoms with E-state index in [9.17, 15) is 8.42 Å². The molecule has 11 nitrogen and oxygen atoms in total. The third kappa shape index (κ3) is 6.10. The van der Waals surface area contributed by atoms with Crippen LogP contribution in [0.4, 0.5) is 28.8 Å². The molecule has 1 aliphatic rings. The van der Waals surface area contributed by atoms with Crippen molar-refractivity contribution in [2.45, 2.75) is 13.3 Å². The van der Waals surface area contributed by atoms with Crippen molar-refractivity contribution in [1.29, 1.82) is 0 Å². The highest BCUT2D eigenvalue weighted by atomic mass is 79.9. The Labute approximate surface area is 234 Å². The Balaban J connectivity index is 1.48. The highest BCUT2D eigenvalue weighted by Crippen LogP contribution is 2.36. The van der Waals surface area contributed by atoms with E-state index in [-0.39, 0.29) is 5.69 Å². The molecule has 0 amide bonds. The first-order chi connectivity index (χ1) is 18.7. The summed E-state index contributed by atoms with van der Waals surface area (Å²) in [5, 5.41) is 9.79. The molecule has 13 heteroatoms. The Morgan fingerprint density at radius 3 is 2.64 bits per heavy atom. The van der Waals surface area contributed by atoms with E-state index in [2.05, 4.69) is 69.5 Å². The molecular formula is C26H27BrN8O3S. The molecule has 2 aromatic heterocycles. The van der Waals surface area contributed by atoms with Crippen LogP contribution in [0.25, 0.3) is 16.6 Å². The summed E-state index contributed by atoms with van der Waals surface area (Å²) in [5.41, 5.74) is 5.95. The highest BCUT2D eigenvalue weighted by Gasteiger charge is 2.17. The number of hydrogen-bond acceptors (Lipinski definition) is 10. The molecule has 0 unspecified atom stereocenters. The molecule has 3 heterocycles. The van der Waals surface area contributed by atoms with Gasteiger partial charge in [-0.05, 0) is 76.8 Å². The standard InChI is InChI=1S/C26H27BrN8O3S/c1-15-12-21(22(38-2)13-17(15)16-6-8-28-9-7-16)33-26-31-14-18(27)25(34-26)32-20-5-4-19-23(30-11-10-29-19)24(20)35-39(3,36)37/h4-6,10-14,28,35H,7-9H2,1-3H3,(H2,31,32,33,34). The summed E-state index contributed by atoms with van der Waals surface area (Å²) in [6.07, 6.45) is 8.90. The zero-order valence-electron chi connectivity index (χ0n) is 21.5. The van der Waals surface area contributed by atoms with Gasteiger partial charge < -0.3 is 20.7 Å². The summed E-state index contributed by atoms with van der Waals surface area (Å²) < 4.78 is 33.1. The van der Waals surface area contributed by atoms with Gasteiger partial charge in [-0.25, -0.2) is 13.4 Å². The van der Waals surface area contributed by atoms with Gasteiger partial charge in [-0.15, -0.1) is 0 Å². The molecular weight excluding hydrogens is 584 g/mol. The number of rotatable bonds is 8. The summed E-state index contributed by atoms with van der Waals surface area (Å²) in [6, 6.07) is 7.52. The van der Waals surface area contributed by atoms with Crippen molar-refractivity contribution in [3.8, 4) is 5.75 Å². The van der Waals surface area contributed by atoms with Crippen LogP contribution in [-0.2, 0) is 10.0 Å². The average Bonchev–Trinajstić information content (AvgIpc) is 2.92. The Morgan fingerprint density at radius 1 is 1.08 bits per heavy atom. The van der Waals surface area contributed by atoms with Gasteiger partial charge in [-0.2, -0.15) is 4.98 Å². The van der Waals surface area contributed by atoms with Crippen LogP contribution >= 0.6 is 15.9 Å². The van der Waals surface area contributed by atoms with Crippen LogP contribution in [0.1, 0.15) is 17.5 Å². The molecule has 0 fully saturated rings. The maximum absolute atomic E-state index is 12.1. The van der Waals surface area contributed by atoms with Gasteiger partial charge in [0, 0.05) is 25.1 Å². The average molecular weight is 612 g/mol. The normalized spacial score (nSPS) is 13.6. The Morgan fingerprint density at radius 2 is 1.90 bits per heavy atom. The van der Waals surface area contributed by atoms with E-state index in [0.29, 0.717) is 38.7 Å². The van der Waals surface area contributed by atoms with Crippen molar-refractivity contribution in [1.82, 2.24) is 25.3 Å². The van der Waals surface area contributed by atoms with Crippen LogP contribution in [0, 0.1) is 6.92 Å². The lowest BCUT2D eigenvalue weighted by atomic mass is 9.95. The fourth-order valence-corrected chi connectivity index (χ4v) is 5.23. The van der Waals surface area contributed by atoms with E-state index >= 15 is 0 Å². The summed E-state index contributed by atoms with van der Waals surface area (Å²) in [4.78, 5) is 17.6. The zero-order chi connectivity index (χ0) is 27.6. The number of aryl methyl sites for hydroxylation is 1. The number of halogens is 1. The number of anilines is 5. The number of nitrogens with one attached hydrogen (secondary N) is 4. The maximum Gasteiger partial charge on any atom is 0.229 e. The molecule has 1 aliphatic heterocycles. The van der Waals surface area contributed by atoms with Crippen LogP contribution in [0.15, 0.2) is 53.4 Å². The summed E-state index contributed by atoms with van der Waals surface area (Å²) in [7, 11) is -1.97. The van der Waals surface area contributed by atoms with Gasteiger partial charge in [0.1, 0.15) is 17.1 Å². The van der Waals surface area contributed by atoms with Crippen molar-refractivity contribution in [2.24, 2.45) is 0 Å². The number of hydrogen-bond donors (Lipinski definition) is 4. The van der Waals surface area contributed by atoms with Crippen LogP contribution in [0.3, 0.4) is 0 Å². The van der Waals surface area contributed by atoms with E-state index < -0.39 is 10.0 Å². The molecule has 4 N–H and O–H groups in total. The summed E-state index contributed by atoms with van der Waals surface area (Å²) in [5.74, 6) is 1.41. The van der Waals surface area contributed by atoms with Gasteiger partial charge in [0.2, 0.25) is 16.0 Å². The molecule has 0 atom stereocenters. The topological polar surface area (TPSA) is 143 Å². The third-order valence-electron chi connectivity index (χ3n) is 6.13. The smallest absolute Gasteiger partial charge is 0.229 e. The quantitative estimate of drug-likeness (QED) is 0.221. The van der Waals surface area contributed by atoms with Crippen LogP contribution in [0.5, 0.6) is 5.75 Å². The van der Waals surface area contributed by atoms with Crippen molar-refractivity contribution >= 4 is 71.4 Å². The number of sulfonamides is 1. The molecule has 39 heavy (non-hydrogen) atoms. The minimum absolute atomic E-state index is 0.267. The van der Waals surface area contributed by atoms with E-state index in [0.717, 1.165) is 42.6 Å². The lowest BCUT2D eigenvalue weighted by Crippen LogP contribution is -2.20. The SMILES string of the molecule is COc1cc(C2=CCNCC2)c(C)cc1Nc1ncc(Br)c(Nc2ccc3nccnc3c2NS(C)(=O)=O)n1. The Bertz CT molecular complexity index is 1690. The lowest BCUT2D eigenvalue weighted by molar-refractivity contribution is 0.416. The molecule has 0 aliphatic carbocycles. The fourth-order valence-electron chi connectivity index (χ4n) is 4.36. The van der Waals surface area contributed by atoms with Crippen LogP contribution in [-0.4, -0.2) is 54.8 Å². The number of ether oxygens (including phenoxy) is 1. The van der Waals surface area contributed by atoms with E-state index in [1.165, 1.54) is 11.8 Å². The number of methoxy groups -OCH3 is 1. The molecule has 2 aromatic carbocycles. The monoisotopic (exact) mass is 610 g/mol. The molecule has 0 spiro atoms. The number of aromatic nitrogens is 4. The highest BCUT2D eigenvalue weighted by molar-refractivity contribution is 9.10. The van der Waals surface area contributed by atoms with E-state index in [1.54, 1.807) is 31.6 Å². The van der Waals surface area contributed by atoms with Gasteiger partial charge in [-0.3, -0.25) is 14.7 Å². The first kappa shape index (κ1) is 26.8. The first-order valence-corrected chi connectivity index (χ1v) is 14.8. The Hall–Kier alpha value is -3.81. The first-order valence-electron chi connectivity index (χ1n) is 12.1. The van der Waals surface area contributed by atoms with E-state index in [4.69, 9.17) is 4.74 Å². The third-order valence-corrected chi connectivity index (χ3v) is 7.28. The fraction of sp³-hybridized carbons (Fsp3) is 0.231. The molecule has 0 saturated heterocycles. The van der Waals surface area contributed by atoms with Crippen LogP contribution < -0.4 is 25.4 Å². The minimum Gasteiger partial charge on any atom is -0.495 e. The number of fused-ring (bicyclic) bond motifs is 1. The largest absolute Gasteiger partial charge is 0.495 e. The Kier molecular flexibility index (Phi) is 7.64. The van der Waals surface area contributed by atoms with Gasteiger partial charge in [0.05, 0.1) is 40.4 Å². The van der Waals surface area contributed by atoms with Gasteiger partial charge in [0.15, 0.2) is 0 Å². The van der Waals surface area contributed by atoms with Crippen molar-refractivity contribution in [3.05, 3.63) is 64.5 Å². The minimum atomic E-state index is -3.60. The van der Waals surface area contributed by atoms with Crippen LogP contribution in [0.2, 0.25) is 0 Å². The second-order valence-corrected chi connectivity index (χ2v) is 11.6. The molecule has 4 aromatic rings. The van der Waals surface area contributed by atoms with Crippen molar-refractivity contribution in [2.75, 3.05) is 41.8 Å². The van der Waals surface area contributed by atoms with Gasteiger partial charge >= 0.3 is 0 Å². The number of nitrogens with zero attached hydrogens (tertiary/aromatic N) is 4. The van der Waals surface area contributed by atoms with Crippen molar-refractivity contribution < 1.29 is 13.2 Å². The molecule has 0 radical (unpaired) electrons. The molecule has 0 bridgehead atoms.